The van der Waals surface area contributed by atoms with Crippen molar-refractivity contribution in [2.75, 3.05) is 65.7 Å². The minimum absolute atomic E-state index is 0.00570. The number of carbonyl (C=O) groups is 3. The van der Waals surface area contributed by atoms with Gasteiger partial charge in [0, 0.05) is 64.9 Å². The average Bonchev–Trinajstić information content (AvgIpc) is 3.10. The molecule has 3 atom stereocenters. The summed E-state index contributed by atoms with van der Waals surface area (Å²) in [7, 11) is 0. The van der Waals surface area contributed by atoms with Gasteiger partial charge in [0.15, 0.2) is 6.61 Å². The lowest BCUT2D eigenvalue weighted by atomic mass is 9.80. The van der Waals surface area contributed by atoms with E-state index in [-0.39, 0.29) is 60.8 Å². The summed E-state index contributed by atoms with van der Waals surface area (Å²) in [5.74, 6) is -0.324. The number of amides is 3. The first-order valence-corrected chi connectivity index (χ1v) is 16.8. The molecule has 3 amide bonds. The van der Waals surface area contributed by atoms with Gasteiger partial charge in [0.1, 0.15) is 18.1 Å². The Morgan fingerprint density at radius 3 is 2.48 bits per heavy atom. The largest absolute Gasteiger partial charge is 0.491 e. The van der Waals surface area contributed by atoms with E-state index < -0.39 is 17.6 Å². The molecule has 0 aliphatic carbocycles. The van der Waals surface area contributed by atoms with Gasteiger partial charge < -0.3 is 29.3 Å². The number of likely N-dealkylation sites (tertiary alicyclic amines) is 1. The van der Waals surface area contributed by atoms with Crippen molar-refractivity contribution in [3.8, 4) is 11.5 Å². The number of nitrogens with zero attached hydrogens (tertiary/aromatic N) is 3. The van der Waals surface area contributed by atoms with Crippen molar-refractivity contribution >= 4 is 17.7 Å². The summed E-state index contributed by atoms with van der Waals surface area (Å²) in [6.07, 6.45) is -1.49. The molecule has 6 rings (SSSR count). The Balaban J connectivity index is 1.23. The number of hydrogen-bond acceptors (Lipinski definition) is 7. The summed E-state index contributed by atoms with van der Waals surface area (Å²) < 4.78 is 58.4. The molecule has 4 aliphatic rings. The van der Waals surface area contributed by atoms with E-state index in [4.69, 9.17) is 14.2 Å². The maximum absolute atomic E-state index is 14.0. The number of piperazine rings is 1. The summed E-state index contributed by atoms with van der Waals surface area (Å²) in [4.78, 5) is 46.5. The molecule has 2 aromatic rings. The third-order valence-electron chi connectivity index (χ3n) is 10.1. The van der Waals surface area contributed by atoms with Gasteiger partial charge in [0.05, 0.1) is 17.2 Å². The number of carbonyl (C=O) groups excluding carboxylic acids is 3. The van der Waals surface area contributed by atoms with Crippen LogP contribution < -0.4 is 14.8 Å². The number of para-hydroxylation sites is 1. The highest BCUT2D eigenvalue weighted by molar-refractivity contribution is 5.97. The van der Waals surface area contributed by atoms with Crippen molar-refractivity contribution in [3.05, 3.63) is 59.7 Å². The van der Waals surface area contributed by atoms with Crippen LogP contribution in [0.3, 0.4) is 0 Å². The van der Waals surface area contributed by atoms with Crippen LogP contribution in [0.15, 0.2) is 48.5 Å². The Kier molecular flexibility index (Phi) is 10.7. The molecule has 48 heavy (non-hydrogen) atoms. The monoisotopic (exact) mass is 672 g/mol. The van der Waals surface area contributed by atoms with Crippen LogP contribution in [0.4, 0.5) is 13.2 Å². The molecule has 10 nitrogen and oxygen atoms in total. The van der Waals surface area contributed by atoms with Gasteiger partial charge in [-0.3, -0.25) is 19.3 Å². The lowest BCUT2D eigenvalue weighted by Crippen LogP contribution is -2.60. The standard InChI is InChI=1S/C35H43F3N4O6/c36-35(37,38)26-6-7-31-30(19-26)34(45)39-12-8-25-20-41(33(44)23-47-29-4-2-1-3-5-29)13-9-24(25)18-32(43)42-15-14-40(21-28(42)22-48-31)27-10-16-46-17-11-27/h1-7,19,24-25,27-28H,8-18,20-23H2,(H,39,45)/t24-,25-,28-/m0/s1. The van der Waals surface area contributed by atoms with E-state index in [9.17, 15) is 27.6 Å². The fourth-order valence-electron chi connectivity index (χ4n) is 7.39. The lowest BCUT2D eigenvalue weighted by molar-refractivity contribution is -0.141. The Morgan fingerprint density at radius 1 is 0.917 bits per heavy atom. The molecule has 4 aliphatic heterocycles. The smallest absolute Gasteiger partial charge is 0.416 e. The predicted octanol–water partition coefficient (Wildman–Crippen LogP) is 3.84. The number of ether oxygens (including phenoxy) is 3. The number of rotatable bonds is 4. The molecule has 2 aromatic carbocycles. The zero-order valence-electron chi connectivity index (χ0n) is 27.0. The molecule has 13 heteroatoms. The first kappa shape index (κ1) is 34.0. The molecule has 260 valence electrons. The maximum Gasteiger partial charge on any atom is 0.416 e. The minimum atomic E-state index is -4.64. The van der Waals surface area contributed by atoms with Crippen molar-refractivity contribution < 1.29 is 41.8 Å². The van der Waals surface area contributed by atoms with Crippen LogP contribution in [-0.2, 0) is 20.5 Å². The number of fused-ring (bicyclic) bond motifs is 3. The fourth-order valence-corrected chi connectivity index (χ4v) is 7.39. The number of benzene rings is 2. The lowest BCUT2D eigenvalue weighted by Gasteiger charge is -2.46. The summed E-state index contributed by atoms with van der Waals surface area (Å²) in [5.41, 5.74) is -1.15. The quantitative estimate of drug-likeness (QED) is 0.527. The van der Waals surface area contributed by atoms with Crippen LogP contribution in [0.1, 0.15) is 48.0 Å². The zero-order valence-corrected chi connectivity index (χ0v) is 27.0. The number of alkyl halides is 3. The molecule has 0 bridgehead atoms. The van der Waals surface area contributed by atoms with Gasteiger partial charge in [-0.2, -0.15) is 13.2 Å². The van der Waals surface area contributed by atoms with E-state index in [1.54, 1.807) is 17.0 Å². The minimum Gasteiger partial charge on any atom is -0.491 e. The van der Waals surface area contributed by atoms with Crippen LogP contribution in [0.5, 0.6) is 11.5 Å². The van der Waals surface area contributed by atoms with Crippen LogP contribution in [-0.4, -0.2) is 110 Å². The molecular weight excluding hydrogens is 629 g/mol. The fraction of sp³-hybridized carbons (Fsp3) is 0.571. The molecule has 0 saturated carbocycles. The molecule has 1 N–H and O–H groups in total. The summed E-state index contributed by atoms with van der Waals surface area (Å²) in [6.45, 7) is 4.08. The van der Waals surface area contributed by atoms with E-state index in [2.05, 4.69) is 10.2 Å². The van der Waals surface area contributed by atoms with Crippen LogP contribution in [0.25, 0.3) is 0 Å². The molecule has 0 radical (unpaired) electrons. The van der Waals surface area contributed by atoms with Crippen molar-refractivity contribution in [1.82, 2.24) is 20.0 Å². The molecule has 0 aromatic heterocycles. The highest BCUT2D eigenvalue weighted by atomic mass is 19.4. The number of nitrogens with one attached hydrogen (secondary N) is 1. The third kappa shape index (κ3) is 8.23. The van der Waals surface area contributed by atoms with Crippen LogP contribution in [0, 0.1) is 11.8 Å². The second-order valence-corrected chi connectivity index (χ2v) is 13.1. The number of halogens is 3. The molecule has 3 fully saturated rings. The van der Waals surface area contributed by atoms with Gasteiger partial charge in [-0.25, -0.2) is 0 Å². The normalized spacial score (nSPS) is 25.1. The van der Waals surface area contributed by atoms with Crippen LogP contribution >= 0.6 is 0 Å². The third-order valence-corrected chi connectivity index (χ3v) is 10.1. The zero-order chi connectivity index (χ0) is 33.7. The Bertz CT molecular complexity index is 1440. The Morgan fingerprint density at radius 2 is 1.71 bits per heavy atom. The first-order chi connectivity index (χ1) is 23.2. The highest BCUT2D eigenvalue weighted by Gasteiger charge is 2.39. The molecule has 0 spiro atoms. The topological polar surface area (TPSA) is 101 Å². The first-order valence-electron chi connectivity index (χ1n) is 16.8. The van der Waals surface area contributed by atoms with Crippen LogP contribution in [0.2, 0.25) is 0 Å². The summed E-state index contributed by atoms with van der Waals surface area (Å²) in [6, 6.07) is 12.0. The Hall–Kier alpha value is -3.84. The molecule has 4 heterocycles. The second-order valence-electron chi connectivity index (χ2n) is 13.1. The highest BCUT2D eigenvalue weighted by Crippen LogP contribution is 2.34. The van der Waals surface area contributed by atoms with Gasteiger partial charge in [-0.15, -0.1) is 0 Å². The van der Waals surface area contributed by atoms with Crippen molar-refractivity contribution in [3.63, 3.8) is 0 Å². The maximum atomic E-state index is 14.0. The SMILES string of the molecule is O=C1NCC[C@H]2CN(C(=O)COc3ccccc3)CC[C@H]2CC(=O)N2CCN(C3CCOCC3)C[C@H]2COc2ccc(C(F)(F)F)cc21. The van der Waals surface area contributed by atoms with Crippen molar-refractivity contribution in [1.29, 1.82) is 0 Å². The second kappa shape index (κ2) is 15.1. The van der Waals surface area contributed by atoms with Gasteiger partial charge in [0.2, 0.25) is 5.91 Å². The van der Waals surface area contributed by atoms with E-state index in [1.807, 2.05) is 23.1 Å². The van der Waals surface area contributed by atoms with Crippen molar-refractivity contribution in [2.45, 2.75) is 50.4 Å². The number of hydrogen-bond donors (Lipinski definition) is 1. The van der Waals surface area contributed by atoms with E-state index in [0.717, 1.165) is 25.0 Å². The van der Waals surface area contributed by atoms with Gasteiger partial charge in [-0.05, 0) is 67.9 Å². The molecule has 3 saturated heterocycles. The van der Waals surface area contributed by atoms with Gasteiger partial charge in [0.25, 0.3) is 11.8 Å². The molecule has 0 unspecified atom stereocenters. The van der Waals surface area contributed by atoms with Crippen molar-refractivity contribution in [2.24, 2.45) is 11.8 Å². The van der Waals surface area contributed by atoms with E-state index >= 15 is 0 Å². The number of piperidine rings is 1. The average molecular weight is 673 g/mol. The predicted molar refractivity (Wildman–Crippen MR) is 170 cm³/mol. The Labute approximate surface area is 278 Å². The van der Waals surface area contributed by atoms with Gasteiger partial charge >= 0.3 is 6.18 Å². The summed E-state index contributed by atoms with van der Waals surface area (Å²) >= 11 is 0. The molecular formula is C35H43F3N4O6. The summed E-state index contributed by atoms with van der Waals surface area (Å²) in [5, 5.41) is 2.78. The van der Waals surface area contributed by atoms with E-state index in [1.165, 1.54) is 6.07 Å². The van der Waals surface area contributed by atoms with Gasteiger partial charge in [-0.1, -0.05) is 18.2 Å². The van der Waals surface area contributed by atoms with E-state index in [0.29, 0.717) is 77.0 Å².